The Labute approximate surface area is 256 Å². The normalized spacial score (nSPS) is 16.2. The fourth-order valence-corrected chi connectivity index (χ4v) is 6.01. The lowest BCUT2D eigenvalue weighted by atomic mass is 10.1. The number of rotatable bonds is 8. The zero-order chi connectivity index (χ0) is 30.6. The maximum Gasteiger partial charge on any atom is 0.294 e. The van der Waals surface area contributed by atoms with Gasteiger partial charge in [-0.15, -0.1) is 0 Å². The number of hydrogen-bond acceptors (Lipinski definition) is 7. The highest BCUT2D eigenvalue weighted by atomic mass is 32.2. The zero-order valence-electron chi connectivity index (χ0n) is 23.5. The SMILES string of the molecule is O=C(Cn1cc(/C=C2\SC(=O)N(CC(=O)Nc3ccccc3N3CCOCC3)C2=O)c2ccccc21)Nc1ccc(F)cc1. The second kappa shape index (κ2) is 12.7. The highest BCUT2D eigenvalue weighted by Gasteiger charge is 2.36. The molecule has 4 aromatic rings. The molecule has 0 atom stereocenters. The molecule has 2 aliphatic rings. The smallest absolute Gasteiger partial charge is 0.294 e. The summed E-state index contributed by atoms with van der Waals surface area (Å²) in [6, 6.07) is 20.3. The number of carbonyl (C=O) groups is 4. The van der Waals surface area contributed by atoms with Gasteiger partial charge in [-0.2, -0.15) is 0 Å². The van der Waals surface area contributed by atoms with Crippen molar-refractivity contribution in [3.05, 3.63) is 95.3 Å². The first-order valence-corrected chi connectivity index (χ1v) is 14.8. The highest BCUT2D eigenvalue weighted by molar-refractivity contribution is 8.18. The van der Waals surface area contributed by atoms with E-state index in [-0.39, 0.29) is 17.4 Å². The Balaban J connectivity index is 1.16. The average Bonchev–Trinajstić information content (AvgIpc) is 3.50. The minimum atomic E-state index is -0.567. The van der Waals surface area contributed by atoms with Crippen molar-refractivity contribution in [2.45, 2.75) is 6.54 Å². The number of halogens is 1. The molecule has 0 spiro atoms. The first-order chi connectivity index (χ1) is 21.4. The molecule has 224 valence electrons. The number of aromatic nitrogens is 1. The van der Waals surface area contributed by atoms with Crippen LogP contribution in [0.15, 0.2) is 83.9 Å². The Morgan fingerprint density at radius 2 is 1.59 bits per heavy atom. The van der Waals surface area contributed by atoms with Gasteiger partial charge in [-0.1, -0.05) is 30.3 Å². The Morgan fingerprint density at radius 1 is 0.886 bits per heavy atom. The van der Waals surface area contributed by atoms with Gasteiger partial charge in [-0.25, -0.2) is 4.39 Å². The molecule has 2 fully saturated rings. The zero-order valence-corrected chi connectivity index (χ0v) is 24.3. The van der Waals surface area contributed by atoms with Gasteiger partial charge in [0.05, 0.1) is 29.5 Å². The van der Waals surface area contributed by atoms with Crippen molar-refractivity contribution in [1.29, 1.82) is 0 Å². The molecule has 10 nitrogen and oxygen atoms in total. The topological polar surface area (TPSA) is 113 Å². The number of para-hydroxylation sites is 3. The third-order valence-electron chi connectivity index (χ3n) is 7.25. The van der Waals surface area contributed by atoms with E-state index in [0.29, 0.717) is 43.2 Å². The minimum Gasteiger partial charge on any atom is -0.378 e. The van der Waals surface area contributed by atoms with E-state index in [1.807, 2.05) is 42.5 Å². The molecule has 0 aliphatic carbocycles. The van der Waals surface area contributed by atoms with Crippen molar-refractivity contribution in [1.82, 2.24) is 9.47 Å². The molecular formula is C32H28FN5O5S. The molecule has 0 unspecified atom stereocenters. The summed E-state index contributed by atoms with van der Waals surface area (Å²) in [5, 5.41) is 5.84. The van der Waals surface area contributed by atoms with Gasteiger partial charge in [-0.05, 0) is 60.3 Å². The molecule has 0 saturated carbocycles. The summed E-state index contributed by atoms with van der Waals surface area (Å²) in [4.78, 5) is 55.1. The molecule has 12 heteroatoms. The molecule has 6 rings (SSSR count). The van der Waals surface area contributed by atoms with E-state index in [4.69, 9.17) is 4.74 Å². The van der Waals surface area contributed by atoms with Crippen LogP contribution >= 0.6 is 11.8 Å². The van der Waals surface area contributed by atoms with Gasteiger partial charge in [0.2, 0.25) is 11.8 Å². The van der Waals surface area contributed by atoms with Crippen LogP contribution in [-0.4, -0.2) is 65.3 Å². The fourth-order valence-electron chi connectivity index (χ4n) is 5.18. The predicted molar refractivity (Wildman–Crippen MR) is 168 cm³/mol. The van der Waals surface area contributed by atoms with Crippen LogP contribution in [0.4, 0.5) is 26.2 Å². The second-order valence-corrected chi connectivity index (χ2v) is 11.2. The fraction of sp³-hybridized carbons (Fsp3) is 0.188. The average molecular weight is 614 g/mol. The Morgan fingerprint density at radius 3 is 2.39 bits per heavy atom. The summed E-state index contributed by atoms with van der Waals surface area (Å²) >= 11 is 0.763. The number of imide groups is 1. The molecule has 4 amide bonds. The van der Waals surface area contributed by atoms with Crippen LogP contribution in [0.25, 0.3) is 17.0 Å². The summed E-state index contributed by atoms with van der Waals surface area (Å²) in [5.41, 5.74) is 3.31. The van der Waals surface area contributed by atoms with Crippen LogP contribution in [0.3, 0.4) is 0 Å². The van der Waals surface area contributed by atoms with E-state index < -0.39 is 29.4 Å². The van der Waals surface area contributed by atoms with Crippen molar-refractivity contribution >= 4 is 68.8 Å². The Hall–Kier alpha value is -4.94. The summed E-state index contributed by atoms with van der Waals surface area (Å²) in [6.07, 6.45) is 3.34. The molecule has 0 bridgehead atoms. The summed E-state index contributed by atoms with van der Waals surface area (Å²) in [5.74, 6) is -1.77. The molecule has 3 heterocycles. The molecule has 44 heavy (non-hydrogen) atoms. The molecule has 2 aliphatic heterocycles. The number of hydrogen-bond donors (Lipinski definition) is 2. The van der Waals surface area contributed by atoms with Crippen LogP contribution in [-0.2, 0) is 25.7 Å². The number of thioether (sulfide) groups is 1. The quantitative estimate of drug-likeness (QED) is 0.271. The summed E-state index contributed by atoms with van der Waals surface area (Å²) < 4.78 is 20.4. The van der Waals surface area contributed by atoms with Crippen molar-refractivity contribution in [2.24, 2.45) is 0 Å². The lowest BCUT2D eigenvalue weighted by Crippen LogP contribution is -2.38. The van der Waals surface area contributed by atoms with Crippen molar-refractivity contribution in [3.63, 3.8) is 0 Å². The van der Waals surface area contributed by atoms with Crippen LogP contribution < -0.4 is 15.5 Å². The standard InChI is InChI=1S/C32H28FN5O5S/c33-22-9-11-23(12-10-22)34-29(39)19-37-18-21(24-5-1-3-7-26(24)37)17-28-31(41)38(32(42)44-28)20-30(40)35-25-6-2-4-8-27(25)36-13-15-43-16-14-36/h1-12,17-18H,13-16,19-20H2,(H,34,39)(H,35,40)/b28-17-. The number of ether oxygens (including phenoxy) is 1. The lowest BCUT2D eigenvalue weighted by molar-refractivity contribution is -0.127. The Bertz CT molecular complexity index is 1780. The third-order valence-corrected chi connectivity index (χ3v) is 8.16. The number of fused-ring (bicyclic) bond motifs is 1. The van der Waals surface area contributed by atoms with Crippen LogP contribution in [0, 0.1) is 5.82 Å². The minimum absolute atomic E-state index is 0.0285. The van der Waals surface area contributed by atoms with Crippen LogP contribution in [0.1, 0.15) is 5.56 Å². The molecule has 2 N–H and O–H groups in total. The lowest BCUT2D eigenvalue weighted by Gasteiger charge is -2.30. The Kier molecular flexibility index (Phi) is 8.44. The first-order valence-electron chi connectivity index (χ1n) is 14.0. The molecule has 2 saturated heterocycles. The molecular weight excluding hydrogens is 585 g/mol. The number of anilines is 3. The van der Waals surface area contributed by atoms with Gasteiger partial charge < -0.3 is 24.8 Å². The maximum atomic E-state index is 13.3. The molecule has 3 aromatic carbocycles. The van der Waals surface area contributed by atoms with E-state index in [1.54, 1.807) is 22.9 Å². The van der Waals surface area contributed by atoms with Crippen LogP contribution in [0.5, 0.6) is 0 Å². The van der Waals surface area contributed by atoms with Gasteiger partial charge in [-0.3, -0.25) is 24.1 Å². The highest BCUT2D eigenvalue weighted by Crippen LogP contribution is 2.34. The number of morpholine rings is 1. The number of benzene rings is 3. The van der Waals surface area contributed by atoms with Gasteiger partial charge in [0.15, 0.2) is 0 Å². The maximum absolute atomic E-state index is 13.3. The first kappa shape index (κ1) is 29.1. The third kappa shape index (κ3) is 6.36. The van der Waals surface area contributed by atoms with E-state index in [0.717, 1.165) is 33.3 Å². The van der Waals surface area contributed by atoms with Crippen molar-refractivity contribution < 1.29 is 28.3 Å². The van der Waals surface area contributed by atoms with Crippen LogP contribution in [0.2, 0.25) is 0 Å². The molecule has 1 aromatic heterocycles. The molecule has 0 radical (unpaired) electrons. The van der Waals surface area contributed by atoms with E-state index in [2.05, 4.69) is 15.5 Å². The number of amides is 4. The summed E-state index contributed by atoms with van der Waals surface area (Å²) in [6.45, 7) is 2.11. The van der Waals surface area contributed by atoms with E-state index >= 15 is 0 Å². The monoisotopic (exact) mass is 613 g/mol. The predicted octanol–water partition coefficient (Wildman–Crippen LogP) is 4.93. The van der Waals surface area contributed by atoms with Gasteiger partial charge in [0.25, 0.3) is 11.1 Å². The van der Waals surface area contributed by atoms with E-state index in [9.17, 15) is 23.6 Å². The van der Waals surface area contributed by atoms with Gasteiger partial charge in [0.1, 0.15) is 18.9 Å². The largest absolute Gasteiger partial charge is 0.378 e. The van der Waals surface area contributed by atoms with E-state index in [1.165, 1.54) is 24.3 Å². The van der Waals surface area contributed by atoms with Gasteiger partial charge >= 0.3 is 0 Å². The van der Waals surface area contributed by atoms with Crippen molar-refractivity contribution in [2.75, 3.05) is 48.4 Å². The second-order valence-electron chi connectivity index (χ2n) is 10.2. The van der Waals surface area contributed by atoms with Crippen molar-refractivity contribution in [3.8, 4) is 0 Å². The number of carbonyl (C=O) groups excluding carboxylic acids is 4. The summed E-state index contributed by atoms with van der Waals surface area (Å²) in [7, 11) is 0. The van der Waals surface area contributed by atoms with Gasteiger partial charge in [0, 0.05) is 41.4 Å². The number of nitrogens with one attached hydrogen (secondary N) is 2. The number of nitrogens with zero attached hydrogens (tertiary/aromatic N) is 3.